The molecule has 0 aliphatic heterocycles. The third-order valence-electron chi connectivity index (χ3n) is 2.61. The van der Waals surface area contributed by atoms with E-state index in [-0.39, 0.29) is 0 Å². The van der Waals surface area contributed by atoms with Gasteiger partial charge in [-0.15, -0.1) is 0 Å². The van der Waals surface area contributed by atoms with Gasteiger partial charge in [0.2, 0.25) is 0 Å². The fraction of sp³-hybridized carbons (Fsp3) is 0.438. The van der Waals surface area contributed by atoms with Crippen LogP contribution in [0.15, 0.2) is 30.5 Å². The van der Waals surface area contributed by atoms with Crippen LogP contribution in [0.1, 0.15) is 5.56 Å². The Balaban J connectivity index is 2.91. The molecule has 0 saturated carbocycles. The van der Waals surface area contributed by atoms with Crippen LogP contribution in [0.5, 0.6) is 0 Å². The van der Waals surface area contributed by atoms with Crippen molar-refractivity contribution in [1.82, 2.24) is 9.80 Å². The second kappa shape index (κ2) is 7.70. The molecular formula is C16H27N4+. The smallest absolute Gasteiger partial charge is 0.172 e. The van der Waals surface area contributed by atoms with E-state index in [0.29, 0.717) is 0 Å². The number of anilines is 1. The summed E-state index contributed by atoms with van der Waals surface area (Å²) in [6, 6.07) is 8.53. The monoisotopic (exact) mass is 275 g/mol. The van der Waals surface area contributed by atoms with Crippen LogP contribution >= 0.6 is 0 Å². The van der Waals surface area contributed by atoms with Crippen LogP contribution < -0.4 is 5.32 Å². The van der Waals surface area contributed by atoms with Gasteiger partial charge in [0.25, 0.3) is 0 Å². The van der Waals surface area contributed by atoms with Gasteiger partial charge in [0.1, 0.15) is 14.1 Å². The molecule has 0 radical (unpaired) electrons. The van der Waals surface area contributed by atoms with Gasteiger partial charge in [-0.2, -0.15) is 0 Å². The molecule has 4 heteroatoms. The van der Waals surface area contributed by atoms with Gasteiger partial charge in [0, 0.05) is 26.0 Å². The summed E-state index contributed by atoms with van der Waals surface area (Å²) in [4.78, 5) is 4.17. The van der Waals surface area contributed by atoms with E-state index in [2.05, 4.69) is 56.4 Å². The maximum atomic E-state index is 3.37. The van der Waals surface area contributed by atoms with Crippen LogP contribution in [0, 0.1) is 0 Å². The van der Waals surface area contributed by atoms with Crippen LogP contribution in [0.2, 0.25) is 0 Å². The SMILES string of the molecule is CN(C)C=C(C=[N+](C)C)c1ccc(NCN(C)C)cc1. The van der Waals surface area contributed by atoms with E-state index < -0.39 is 0 Å². The maximum Gasteiger partial charge on any atom is 0.172 e. The van der Waals surface area contributed by atoms with Crippen LogP contribution in [0.4, 0.5) is 5.69 Å². The molecule has 0 aliphatic carbocycles. The maximum absolute atomic E-state index is 3.37. The first-order valence-corrected chi connectivity index (χ1v) is 6.77. The van der Waals surface area contributed by atoms with Gasteiger partial charge in [-0.25, -0.2) is 4.58 Å². The molecule has 0 heterocycles. The van der Waals surface area contributed by atoms with Gasteiger partial charge < -0.3 is 10.2 Å². The summed E-state index contributed by atoms with van der Waals surface area (Å²) in [6.07, 6.45) is 4.25. The molecule has 110 valence electrons. The van der Waals surface area contributed by atoms with Crippen molar-refractivity contribution in [2.24, 2.45) is 0 Å². The first kappa shape index (κ1) is 16.2. The number of rotatable bonds is 6. The average molecular weight is 275 g/mol. The number of nitrogens with one attached hydrogen (secondary N) is 1. The third-order valence-corrected chi connectivity index (χ3v) is 2.61. The largest absolute Gasteiger partial charge is 0.383 e. The Morgan fingerprint density at radius 1 is 1.10 bits per heavy atom. The molecular weight excluding hydrogens is 248 g/mol. The molecule has 1 rings (SSSR count). The molecule has 0 atom stereocenters. The summed E-state index contributed by atoms with van der Waals surface area (Å²) < 4.78 is 2.06. The second-order valence-electron chi connectivity index (χ2n) is 5.63. The van der Waals surface area contributed by atoms with Gasteiger partial charge in [-0.3, -0.25) is 4.90 Å². The number of benzene rings is 1. The molecule has 1 aromatic rings. The summed E-state index contributed by atoms with van der Waals surface area (Å²) in [6.45, 7) is 0.837. The second-order valence-corrected chi connectivity index (χ2v) is 5.63. The van der Waals surface area contributed by atoms with Crippen LogP contribution in [0.25, 0.3) is 5.57 Å². The molecule has 0 fully saturated rings. The highest BCUT2D eigenvalue weighted by atomic mass is 15.2. The Hall–Kier alpha value is -1.81. The Bertz CT molecular complexity index is 466. The Morgan fingerprint density at radius 2 is 1.70 bits per heavy atom. The molecule has 0 aromatic heterocycles. The molecule has 0 bridgehead atoms. The van der Waals surface area contributed by atoms with Gasteiger partial charge in [0.05, 0.1) is 12.2 Å². The first-order chi connectivity index (χ1) is 9.38. The lowest BCUT2D eigenvalue weighted by Crippen LogP contribution is -2.20. The number of hydrogen-bond donors (Lipinski definition) is 1. The molecule has 4 nitrogen and oxygen atoms in total. The van der Waals surface area contributed by atoms with Gasteiger partial charge in [0.15, 0.2) is 6.21 Å². The summed E-state index contributed by atoms with van der Waals surface area (Å²) in [5, 5.41) is 3.37. The van der Waals surface area contributed by atoms with Crippen molar-refractivity contribution in [1.29, 1.82) is 0 Å². The Labute approximate surface area is 123 Å². The van der Waals surface area contributed by atoms with Crippen molar-refractivity contribution in [2.75, 3.05) is 54.3 Å². The lowest BCUT2D eigenvalue weighted by Gasteiger charge is -2.13. The highest BCUT2D eigenvalue weighted by Gasteiger charge is 2.04. The van der Waals surface area contributed by atoms with Crippen molar-refractivity contribution >= 4 is 17.5 Å². The van der Waals surface area contributed by atoms with Gasteiger partial charge >= 0.3 is 0 Å². The van der Waals surface area contributed by atoms with Crippen molar-refractivity contribution in [3.63, 3.8) is 0 Å². The van der Waals surface area contributed by atoms with Crippen LogP contribution in [0.3, 0.4) is 0 Å². The van der Waals surface area contributed by atoms with E-state index in [9.17, 15) is 0 Å². The van der Waals surface area contributed by atoms with E-state index in [1.54, 1.807) is 0 Å². The van der Waals surface area contributed by atoms with E-state index >= 15 is 0 Å². The molecule has 0 saturated heterocycles. The lowest BCUT2D eigenvalue weighted by molar-refractivity contribution is -0.458. The molecule has 0 spiro atoms. The molecule has 1 aromatic carbocycles. The predicted molar refractivity (Wildman–Crippen MR) is 88.5 cm³/mol. The van der Waals surface area contributed by atoms with Crippen molar-refractivity contribution in [3.05, 3.63) is 36.0 Å². The zero-order valence-electron chi connectivity index (χ0n) is 13.5. The minimum atomic E-state index is 0.837. The summed E-state index contributed by atoms with van der Waals surface area (Å²) in [7, 11) is 12.2. The lowest BCUT2D eigenvalue weighted by atomic mass is 10.1. The molecule has 20 heavy (non-hydrogen) atoms. The summed E-state index contributed by atoms with van der Waals surface area (Å²) in [5.74, 6) is 0. The highest BCUT2D eigenvalue weighted by molar-refractivity contribution is 6.07. The van der Waals surface area contributed by atoms with Crippen molar-refractivity contribution in [3.8, 4) is 0 Å². The van der Waals surface area contributed by atoms with Gasteiger partial charge in [-0.1, -0.05) is 12.1 Å². The third kappa shape index (κ3) is 5.89. The normalized spacial score (nSPS) is 11.4. The van der Waals surface area contributed by atoms with E-state index in [0.717, 1.165) is 12.4 Å². The Kier molecular flexibility index (Phi) is 6.25. The highest BCUT2D eigenvalue weighted by Crippen LogP contribution is 2.16. The zero-order valence-corrected chi connectivity index (χ0v) is 13.5. The standard InChI is InChI=1S/C16H27N4/c1-18(2)11-15(12-19(3)4)14-7-9-16(10-8-14)17-13-20(5)6/h7-12,17H,13H2,1-6H3/q+1. The number of hydrogen-bond acceptors (Lipinski definition) is 3. The predicted octanol–water partition coefficient (Wildman–Crippen LogP) is 1.86. The zero-order chi connectivity index (χ0) is 15.1. The summed E-state index contributed by atoms with van der Waals surface area (Å²) in [5.41, 5.74) is 3.54. The van der Waals surface area contributed by atoms with E-state index in [1.165, 1.54) is 11.1 Å². The molecule has 0 aliphatic rings. The van der Waals surface area contributed by atoms with Crippen LogP contribution in [-0.4, -0.2) is 69.5 Å². The number of allylic oxidation sites excluding steroid dienone is 1. The average Bonchev–Trinajstić information content (AvgIpc) is 2.35. The van der Waals surface area contributed by atoms with E-state index in [1.807, 2.05) is 42.3 Å². The summed E-state index contributed by atoms with van der Waals surface area (Å²) >= 11 is 0. The molecule has 1 N–H and O–H groups in total. The molecule has 0 amide bonds. The first-order valence-electron chi connectivity index (χ1n) is 6.77. The van der Waals surface area contributed by atoms with E-state index in [4.69, 9.17) is 0 Å². The fourth-order valence-corrected chi connectivity index (χ4v) is 1.77. The number of nitrogens with zero attached hydrogens (tertiary/aromatic N) is 3. The van der Waals surface area contributed by atoms with Gasteiger partial charge in [-0.05, 0) is 31.8 Å². The van der Waals surface area contributed by atoms with Crippen molar-refractivity contribution in [2.45, 2.75) is 0 Å². The van der Waals surface area contributed by atoms with Crippen molar-refractivity contribution < 1.29 is 4.58 Å². The molecule has 0 unspecified atom stereocenters. The minimum Gasteiger partial charge on any atom is -0.383 e. The topological polar surface area (TPSA) is 21.5 Å². The minimum absolute atomic E-state index is 0.837. The quantitative estimate of drug-likeness (QED) is 0.486. The van der Waals surface area contributed by atoms with Crippen LogP contribution in [-0.2, 0) is 0 Å². The fourth-order valence-electron chi connectivity index (χ4n) is 1.77. The Morgan fingerprint density at radius 3 is 2.15 bits per heavy atom.